The standard InChI is InChI=1S/C11H15N3O5/c1-8(6-18-2)13-10(15)7-19-9-4-3-5-12-11(9)14(16)17/h3-5,8H,6-7H2,1-2H3,(H,13,15). The molecule has 1 heterocycles. The maximum atomic E-state index is 11.5. The van der Waals surface area contributed by atoms with E-state index in [0.29, 0.717) is 6.61 Å². The summed E-state index contributed by atoms with van der Waals surface area (Å²) in [7, 11) is 1.53. The minimum absolute atomic E-state index is 0.0398. The Bertz CT molecular complexity index is 452. The topological polar surface area (TPSA) is 104 Å². The van der Waals surface area contributed by atoms with Gasteiger partial charge in [0.25, 0.3) is 5.91 Å². The molecule has 1 rings (SSSR count). The molecule has 104 valence electrons. The first kappa shape index (κ1) is 14.8. The number of carbonyl (C=O) groups is 1. The molecule has 8 heteroatoms. The second-order valence-corrected chi connectivity index (χ2v) is 3.79. The van der Waals surface area contributed by atoms with E-state index >= 15 is 0 Å². The lowest BCUT2D eigenvalue weighted by Crippen LogP contribution is -2.38. The summed E-state index contributed by atoms with van der Waals surface area (Å²) in [5.41, 5.74) is 0. The lowest BCUT2D eigenvalue weighted by atomic mass is 10.3. The molecule has 0 bridgehead atoms. The summed E-state index contributed by atoms with van der Waals surface area (Å²) >= 11 is 0. The molecular weight excluding hydrogens is 254 g/mol. The number of ether oxygens (including phenoxy) is 2. The van der Waals surface area contributed by atoms with Crippen molar-refractivity contribution in [2.45, 2.75) is 13.0 Å². The molecule has 1 amide bonds. The molecule has 0 aromatic carbocycles. The quantitative estimate of drug-likeness (QED) is 0.571. The van der Waals surface area contributed by atoms with Crippen LogP contribution in [0.5, 0.6) is 5.75 Å². The van der Waals surface area contributed by atoms with Crippen molar-refractivity contribution >= 4 is 11.7 Å². The molecule has 1 unspecified atom stereocenters. The molecule has 0 spiro atoms. The van der Waals surface area contributed by atoms with Gasteiger partial charge in [0.05, 0.1) is 6.61 Å². The predicted octanol–water partition coefficient (Wildman–Crippen LogP) is 0.520. The van der Waals surface area contributed by atoms with Crippen LogP contribution in [0, 0.1) is 10.1 Å². The van der Waals surface area contributed by atoms with Gasteiger partial charge in [-0.3, -0.25) is 4.79 Å². The van der Waals surface area contributed by atoms with Crippen LogP contribution < -0.4 is 10.1 Å². The highest BCUT2D eigenvalue weighted by molar-refractivity contribution is 5.77. The third kappa shape index (κ3) is 4.88. The Labute approximate surface area is 109 Å². The molecular formula is C11H15N3O5. The molecule has 0 aliphatic heterocycles. The molecule has 0 saturated heterocycles. The Kier molecular flexibility index (Phi) is 5.68. The molecule has 0 aliphatic rings. The number of nitro groups is 1. The van der Waals surface area contributed by atoms with Gasteiger partial charge >= 0.3 is 5.82 Å². The molecule has 0 saturated carbocycles. The van der Waals surface area contributed by atoms with E-state index < -0.39 is 10.7 Å². The fourth-order valence-electron chi connectivity index (χ4n) is 1.38. The van der Waals surface area contributed by atoms with Gasteiger partial charge in [-0.1, -0.05) is 0 Å². The first-order chi connectivity index (χ1) is 9.04. The van der Waals surface area contributed by atoms with Crippen molar-refractivity contribution in [3.05, 3.63) is 28.4 Å². The van der Waals surface area contributed by atoms with Gasteiger partial charge in [0, 0.05) is 13.2 Å². The summed E-state index contributed by atoms with van der Waals surface area (Å²) in [6, 6.07) is 2.72. The fourth-order valence-corrected chi connectivity index (χ4v) is 1.38. The summed E-state index contributed by atoms with van der Waals surface area (Å²) in [5.74, 6) is -0.843. The number of aromatic nitrogens is 1. The van der Waals surface area contributed by atoms with Gasteiger partial charge in [-0.15, -0.1) is 0 Å². The summed E-state index contributed by atoms with van der Waals surface area (Å²) in [6.45, 7) is 1.83. The summed E-state index contributed by atoms with van der Waals surface area (Å²) in [5, 5.41) is 13.3. The number of nitrogens with zero attached hydrogens (tertiary/aromatic N) is 2. The minimum Gasteiger partial charge on any atom is -0.476 e. The van der Waals surface area contributed by atoms with Gasteiger partial charge in [0.15, 0.2) is 6.61 Å². The van der Waals surface area contributed by atoms with E-state index in [0.717, 1.165) is 0 Å². The van der Waals surface area contributed by atoms with Crippen LogP contribution in [-0.4, -0.2) is 42.2 Å². The average Bonchev–Trinajstić information content (AvgIpc) is 2.36. The van der Waals surface area contributed by atoms with Crippen LogP contribution in [0.2, 0.25) is 0 Å². The molecule has 1 aromatic heterocycles. The van der Waals surface area contributed by atoms with Crippen LogP contribution in [0.25, 0.3) is 0 Å². The highest BCUT2D eigenvalue weighted by atomic mass is 16.6. The van der Waals surface area contributed by atoms with Gasteiger partial charge < -0.3 is 24.9 Å². The van der Waals surface area contributed by atoms with E-state index in [1.165, 1.54) is 25.4 Å². The lowest BCUT2D eigenvalue weighted by Gasteiger charge is -2.12. The van der Waals surface area contributed by atoms with Crippen molar-refractivity contribution in [1.82, 2.24) is 10.3 Å². The summed E-state index contributed by atoms with van der Waals surface area (Å²) in [6.07, 6.45) is 1.28. The molecule has 0 aliphatic carbocycles. The Balaban J connectivity index is 2.53. The molecule has 19 heavy (non-hydrogen) atoms. The molecule has 1 atom stereocenters. The number of hydrogen-bond acceptors (Lipinski definition) is 6. The summed E-state index contributed by atoms with van der Waals surface area (Å²) in [4.78, 5) is 25.1. The SMILES string of the molecule is COCC(C)NC(=O)COc1cccnc1[N+](=O)[O-]. The van der Waals surface area contributed by atoms with E-state index in [9.17, 15) is 14.9 Å². The Morgan fingerprint density at radius 1 is 1.63 bits per heavy atom. The number of rotatable bonds is 7. The van der Waals surface area contributed by atoms with E-state index in [2.05, 4.69) is 10.3 Å². The van der Waals surface area contributed by atoms with Gasteiger partial charge in [0.1, 0.15) is 6.20 Å². The molecule has 1 N–H and O–H groups in total. The highest BCUT2D eigenvalue weighted by Gasteiger charge is 2.17. The largest absolute Gasteiger partial charge is 0.476 e. The van der Waals surface area contributed by atoms with Crippen molar-refractivity contribution in [2.24, 2.45) is 0 Å². The van der Waals surface area contributed by atoms with Crippen LogP contribution in [0.1, 0.15) is 6.92 Å². The van der Waals surface area contributed by atoms with E-state index in [1.54, 1.807) is 6.92 Å². The van der Waals surface area contributed by atoms with Crippen molar-refractivity contribution in [3.63, 3.8) is 0 Å². The zero-order chi connectivity index (χ0) is 14.3. The highest BCUT2D eigenvalue weighted by Crippen LogP contribution is 2.22. The maximum Gasteiger partial charge on any atom is 0.406 e. The smallest absolute Gasteiger partial charge is 0.406 e. The van der Waals surface area contributed by atoms with E-state index in [1.807, 2.05) is 0 Å². The Morgan fingerprint density at radius 3 is 3.00 bits per heavy atom. The molecule has 8 nitrogen and oxygen atoms in total. The average molecular weight is 269 g/mol. The van der Waals surface area contributed by atoms with Crippen molar-refractivity contribution < 1.29 is 19.2 Å². The maximum absolute atomic E-state index is 11.5. The zero-order valence-electron chi connectivity index (χ0n) is 10.7. The predicted molar refractivity (Wildman–Crippen MR) is 65.9 cm³/mol. The Hall–Kier alpha value is -2.22. The van der Waals surface area contributed by atoms with Crippen molar-refractivity contribution in [1.29, 1.82) is 0 Å². The number of carbonyl (C=O) groups excluding carboxylic acids is 1. The summed E-state index contributed by atoms with van der Waals surface area (Å²) < 4.78 is 9.95. The van der Waals surface area contributed by atoms with Crippen LogP contribution >= 0.6 is 0 Å². The van der Waals surface area contributed by atoms with Crippen LogP contribution in [0.4, 0.5) is 5.82 Å². The molecule has 0 fully saturated rings. The van der Waals surface area contributed by atoms with Crippen molar-refractivity contribution in [3.8, 4) is 5.75 Å². The van der Waals surface area contributed by atoms with Gasteiger partial charge in [0.2, 0.25) is 5.75 Å². The first-order valence-corrected chi connectivity index (χ1v) is 5.55. The Morgan fingerprint density at radius 2 is 2.37 bits per heavy atom. The van der Waals surface area contributed by atoms with E-state index in [-0.39, 0.29) is 24.3 Å². The fraction of sp³-hybridized carbons (Fsp3) is 0.455. The van der Waals surface area contributed by atoms with Gasteiger partial charge in [-0.2, -0.15) is 0 Å². The second kappa shape index (κ2) is 7.27. The van der Waals surface area contributed by atoms with Gasteiger partial charge in [-0.25, -0.2) is 0 Å². The molecule has 0 radical (unpaired) electrons. The number of pyridine rings is 1. The lowest BCUT2D eigenvalue weighted by molar-refractivity contribution is -0.390. The zero-order valence-corrected chi connectivity index (χ0v) is 10.7. The van der Waals surface area contributed by atoms with Crippen LogP contribution in [0.3, 0.4) is 0 Å². The van der Waals surface area contributed by atoms with E-state index in [4.69, 9.17) is 9.47 Å². The number of nitrogens with one attached hydrogen (secondary N) is 1. The minimum atomic E-state index is -0.666. The third-order valence-electron chi connectivity index (χ3n) is 2.11. The number of methoxy groups -OCH3 is 1. The first-order valence-electron chi connectivity index (χ1n) is 5.55. The van der Waals surface area contributed by atoms with Gasteiger partial charge in [-0.05, 0) is 29.0 Å². The molecule has 1 aromatic rings. The van der Waals surface area contributed by atoms with Crippen molar-refractivity contribution in [2.75, 3.05) is 20.3 Å². The monoisotopic (exact) mass is 269 g/mol. The number of hydrogen-bond donors (Lipinski definition) is 1. The number of amides is 1. The van der Waals surface area contributed by atoms with Crippen LogP contribution in [0.15, 0.2) is 18.3 Å². The van der Waals surface area contributed by atoms with Crippen LogP contribution in [-0.2, 0) is 9.53 Å². The normalized spacial score (nSPS) is 11.7. The third-order valence-corrected chi connectivity index (χ3v) is 2.11. The second-order valence-electron chi connectivity index (χ2n) is 3.79.